The summed E-state index contributed by atoms with van der Waals surface area (Å²) in [4.78, 5) is 9.26. The van der Waals surface area contributed by atoms with Crippen LogP contribution in [0.15, 0.2) is 59.1 Å². The van der Waals surface area contributed by atoms with Crippen LogP contribution in [0.3, 0.4) is 0 Å². The summed E-state index contributed by atoms with van der Waals surface area (Å²) in [5, 5.41) is 7.58. The third-order valence-corrected chi connectivity index (χ3v) is 4.17. The molecule has 2 heterocycles. The summed E-state index contributed by atoms with van der Waals surface area (Å²) in [6.45, 7) is 4.56. The van der Waals surface area contributed by atoms with Gasteiger partial charge in [0.15, 0.2) is 5.82 Å². The molecule has 0 saturated carbocycles. The molecule has 2 aromatic carbocycles. The first-order chi connectivity index (χ1) is 13.3. The lowest BCUT2D eigenvalue weighted by Crippen LogP contribution is -2.02. The van der Waals surface area contributed by atoms with Crippen LogP contribution in [0.1, 0.15) is 19.7 Å². The number of fused-ring (bicyclic) bond motifs is 1. The van der Waals surface area contributed by atoms with Gasteiger partial charge in [-0.15, -0.1) is 0 Å². The molecule has 0 amide bonds. The van der Waals surface area contributed by atoms with E-state index in [2.05, 4.69) is 20.4 Å². The number of hydrogen-bond donors (Lipinski definition) is 1. The molecule has 136 valence electrons. The van der Waals surface area contributed by atoms with Crippen LogP contribution < -0.4 is 10.1 Å². The molecule has 0 bridgehead atoms. The van der Waals surface area contributed by atoms with Crippen molar-refractivity contribution >= 4 is 22.6 Å². The van der Waals surface area contributed by atoms with Gasteiger partial charge in [-0.05, 0) is 19.1 Å². The minimum atomic E-state index is 0.525. The van der Waals surface area contributed by atoms with Crippen molar-refractivity contribution in [2.75, 3.05) is 11.9 Å². The number of hydrogen-bond acceptors (Lipinski definition) is 6. The number of aryl methyl sites for hydroxylation is 1. The number of nitrogens with zero attached hydrogens (tertiary/aromatic N) is 3. The molecule has 0 radical (unpaired) electrons. The van der Waals surface area contributed by atoms with Crippen molar-refractivity contribution in [3.63, 3.8) is 0 Å². The van der Waals surface area contributed by atoms with Crippen LogP contribution in [0, 0.1) is 0 Å². The first kappa shape index (κ1) is 17.0. The predicted molar refractivity (Wildman–Crippen MR) is 105 cm³/mol. The molecule has 0 atom stereocenters. The SMILES string of the molecule is CCOc1ccccc1Nc1nc(CC)nc2c(-c3ccccc3)noc12. The van der Waals surface area contributed by atoms with E-state index in [1.54, 1.807) is 0 Å². The molecule has 6 heteroatoms. The predicted octanol–water partition coefficient (Wildman–Crippen LogP) is 4.99. The monoisotopic (exact) mass is 360 g/mol. The lowest BCUT2D eigenvalue weighted by Gasteiger charge is -2.12. The number of para-hydroxylation sites is 2. The van der Waals surface area contributed by atoms with Crippen LogP contribution in [0.5, 0.6) is 5.75 Å². The van der Waals surface area contributed by atoms with Crippen LogP contribution in [0.25, 0.3) is 22.4 Å². The Morgan fingerprint density at radius 2 is 1.74 bits per heavy atom. The van der Waals surface area contributed by atoms with Gasteiger partial charge < -0.3 is 14.6 Å². The number of rotatable bonds is 6. The van der Waals surface area contributed by atoms with Crippen molar-refractivity contribution in [3.05, 3.63) is 60.4 Å². The van der Waals surface area contributed by atoms with Crippen molar-refractivity contribution in [2.45, 2.75) is 20.3 Å². The molecule has 27 heavy (non-hydrogen) atoms. The fourth-order valence-electron chi connectivity index (χ4n) is 2.89. The van der Waals surface area contributed by atoms with Crippen LogP contribution in [-0.4, -0.2) is 21.7 Å². The van der Waals surface area contributed by atoms with Gasteiger partial charge in [-0.2, -0.15) is 0 Å². The highest BCUT2D eigenvalue weighted by atomic mass is 16.5. The van der Waals surface area contributed by atoms with E-state index in [0.717, 1.165) is 22.8 Å². The molecule has 0 fully saturated rings. The molecule has 0 aliphatic carbocycles. The smallest absolute Gasteiger partial charge is 0.228 e. The van der Waals surface area contributed by atoms with Gasteiger partial charge in [-0.3, -0.25) is 0 Å². The minimum Gasteiger partial charge on any atom is -0.492 e. The third-order valence-electron chi connectivity index (χ3n) is 4.17. The van der Waals surface area contributed by atoms with Crippen molar-refractivity contribution in [1.82, 2.24) is 15.1 Å². The second-order valence-corrected chi connectivity index (χ2v) is 5.97. The Kier molecular flexibility index (Phi) is 4.70. The Bertz CT molecular complexity index is 1060. The maximum Gasteiger partial charge on any atom is 0.228 e. The van der Waals surface area contributed by atoms with E-state index >= 15 is 0 Å². The average molecular weight is 360 g/mol. The van der Waals surface area contributed by atoms with Gasteiger partial charge in [-0.25, -0.2) is 9.97 Å². The number of aromatic nitrogens is 3. The van der Waals surface area contributed by atoms with Gasteiger partial charge in [0.2, 0.25) is 5.58 Å². The van der Waals surface area contributed by atoms with E-state index in [0.29, 0.717) is 35.6 Å². The van der Waals surface area contributed by atoms with Gasteiger partial charge >= 0.3 is 0 Å². The molecule has 0 unspecified atom stereocenters. The molecule has 0 spiro atoms. The summed E-state index contributed by atoms with van der Waals surface area (Å²) in [5.41, 5.74) is 3.71. The number of ether oxygens (including phenoxy) is 1. The Hall–Kier alpha value is -3.41. The third kappa shape index (κ3) is 3.33. The second-order valence-electron chi connectivity index (χ2n) is 5.97. The first-order valence-electron chi connectivity index (χ1n) is 9.00. The second kappa shape index (κ2) is 7.45. The summed E-state index contributed by atoms with van der Waals surface area (Å²) in [5.74, 6) is 2.06. The van der Waals surface area contributed by atoms with Crippen LogP contribution in [0.2, 0.25) is 0 Å². The largest absolute Gasteiger partial charge is 0.492 e. The van der Waals surface area contributed by atoms with E-state index in [4.69, 9.17) is 9.26 Å². The summed E-state index contributed by atoms with van der Waals surface area (Å²) < 4.78 is 11.3. The highest BCUT2D eigenvalue weighted by Crippen LogP contribution is 2.33. The zero-order chi connectivity index (χ0) is 18.6. The molecule has 2 aromatic heterocycles. The zero-order valence-electron chi connectivity index (χ0n) is 15.3. The number of benzene rings is 2. The quantitative estimate of drug-likeness (QED) is 0.522. The van der Waals surface area contributed by atoms with Crippen molar-refractivity contribution in [1.29, 1.82) is 0 Å². The average Bonchev–Trinajstić information content (AvgIpc) is 3.14. The Morgan fingerprint density at radius 1 is 0.963 bits per heavy atom. The Labute approximate surface area is 157 Å². The van der Waals surface area contributed by atoms with Crippen molar-refractivity contribution in [2.24, 2.45) is 0 Å². The maximum atomic E-state index is 5.70. The van der Waals surface area contributed by atoms with Gasteiger partial charge in [0.05, 0.1) is 12.3 Å². The summed E-state index contributed by atoms with van der Waals surface area (Å²) in [7, 11) is 0. The molecule has 0 saturated heterocycles. The van der Waals surface area contributed by atoms with E-state index in [1.165, 1.54) is 0 Å². The Balaban J connectivity index is 1.83. The van der Waals surface area contributed by atoms with Crippen molar-refractivity contribution in [3.8, 4) is 17.0 Å². The lowest BCUT2D eigenvalue weighted by molar-refractivity contribution is 0.342. The molecule has 4 rings (SSSR count). The Morgan fingerprint density at radius 3 is 2.52 bits per heavy atom. The summed E-state index contributed by atoms with van der Waals surface area (Å²) in [6, 6.07) is 17.6. The van der Waals surface area contributed by atoms with Gasteiger partial charge in [0.1, 0.15) is 22.8 Å². The van der Waals surface area contributed by atoms with Crippen LogP contribution in [0.4, 0.5) is 11.5 Å². The topological polar surface area (TPSA) is 73.1 Å². The fraction of sp³-hybridized carbons (Fsp3) is 0.190. The fourth-order valence-corrected chi connectivity index (χ4v) is 2.89. The zero-order valence-corrected chi connectivity index (χ0v) is 15.3. The van der Waals surface area contributed by atoms with E-state index in [-0.39, 0.29) is 0 Å². The van der Waals surface area contributed by atoms with E-state index in [9.17, 15) is 0 Å². The van der Waals surface area contributed by atoms with Gasteiger partial charge in [0, 0.05) is 12.0 Å². The molecule has 0 aliphatic heterocycles. The normalized spacial score (nSPS) is 10.9. The van der Waals surface area contributed by atoms with E-state index < -0.39 is 0 Å². The highest BCUT2D eigenvalue weighted by molar-refractivity contribution is 5.95. The van der Waals surface area contributed by atoms with Crippen LogP contribution >= 0.6 is 0 Å². The molecule has 0 aliphatic rings. The molecule has 1 N–H and O–H groups in total. The van der Waals surface area contributed by atoms with Crippen molar-refractivity contribution < 1.29 is 9.26 Å². The summed E-state index contributed by atoms with van der Waals surface area (Å²) in [6.07, 6.45) is 0.705. The van der Waals surface area contributed by atoms with Crippen LogP contribution in [-0.2, 0) is 6.42 Å². The highest BCUT2D eigenvalue weighted by Gasteiger charge is 2.19. The van der Waals surface area contributed by atoms with Gasteiger partial charge in [0.25, 0.3) is 0 Å². The first-order valence-corrected chi connectivity index (χ1v) is 9.00. The molecular weight excluding hydrogens is 340 g/mol. The number of anilines is 2. The van der Waals surface area contributed by atoms with E-state index in [1.807, 2.05) is 68.4 Å². The molecule has 6 nitrogen and oxygen atoms in total. The summed E-state index contributed by atoms with van der Waals surface area (Å²) >= 11 is 0. The number of nitrogens with one attached hydrogen (secondary N) is 1. The molecule has 4 aromatic rings. The minimum absolute atomic E-state index is 0.525. The maximum absolute atomic E-state index is 5.70. The van der Waals surface area contributed by atoms with Gasteiger partial charge in [-0.1, -0.05) is 54.5 Å². The lowest BCUT2D eigenvalue weighted by atomic mass is 10.1. The molecular formula is C21H20N4O2. The standard InChI is InChI=1S/C21H20N4O2/c1-3-17-23-19-18(14-10-6-5-7-11-14)25-27-20(19)21(24-17)22-15-12-8-9-13-16(15)26-4-2/h5-13H,3-4H2,1-2H3,(H,22,23,24).